The smallest absolute Gasteiger partial charge is 0.266 e. The number of rotatable bonds is 6. The predicted octanol–water partition coefficient (Wildman–Crippen LogP) is 4.58. The van der Waals surface area contributed by atoms with Crippen LogP contribution in [-0.2, 0) is 0 Å². The second-order valence-corrected chi connectivity index (χ2v) is 8.70. The molecule has 1 aliphatic heterocycles. The van der Waals surface area contributed by atoms with E-state index in [4.69, 9.17) is 4.74 Å². The van der Waals surface area contributed by atoms with Crippen LogP contribution in [0.15, 0.2) is 30.3 Å². The number of nitrogens with one attached hydrogen (secondary N) is 1. The number of piperazine rings is 1. The van der Waals surface area contributed by atoms with Crippen LogP contribution >= 0.6 is 0 Å². The van der Waals surface area contributed by atoms with Gasteiger partial charge in [-0.3, -0.25) is 4.79 Å². The summed E-state index contributed by atoms with van der Waals surface area (Å²) in [6, 6.07) is 6.63. The molecule has 2 heterocycles. The van der Waals surface area contributed by atoms with Crippen molar-refractivity contribution in [1.29, 1.82) is 0 Å². The van der Waals surface area contributed by atoms with Crippen LogP contribution in [-0.4, -0.2) is 66.0 Å². The Morgan fingerprint density at radius 1 is 1.11 bits per heavy atom. The number of carbonyl (C=O) groups is 1. The Bertz CT molecular complexity index is 1250. The lowest BCUT2D eigenvalue weighted by atomic mass is 10.0. The Hall–Kier alpha value is -3.40. The van der Waals surface area contributed by atoms with Crippen molar-refractivity contribution >= 4 is 22.6 Å². The maximum absolute atomic E-state index is 14.7. The van der Waals surface area contributed by atoms with Crippen LogP contribution in [0.4, 0.5) is 19.0 Å². The molecule has 1 saturated heterocycles. The van der Waals surface area contributed by atoms with E-state index >= 15 is 0 Å². The highest BCUT2D eigenvalue weighted by Crippen LogP contribution is 2.33. The van der Waals surface area contributed by atoms with Crippen LogP contribution in [0.25, 0.3) is 10.9 Å². The number of likely N-dealkylation sites (N-methyl/N-ethyl adjacent to an activating group) is 1. The van der Waals surface area contributed by atoms with E-state index in [-0.39, 0.29) is 11.5 Å². The van der Waals surface area contributed by atoms with Crippen molar-refractivity contribution in [3.8, 4) is 5.75 Å². The summed E-state index contributed by atoms with van der Waals surface area (Å²) in [7, 11) is 3.50. The third-order valence-electron chi connectivity index (χ3n) is 6.26. The number of nitrogens with zero attached hydrogens (tertiary/aromatic N) is 4. The summed E-state index contributed by atoms with van der Waals surface area (Å²) in [5, 5.41) is 3.69. The minimum absolute atomic E-state index is 0.0982. The Morgan fingerprint density at radius 3 is 2.46 bits per heavy atom. The average molecular weight is 488 g/mol. The van der Waals surface area contributed by atoms with Gasteiger partial charge in [0.1, 0.15) is 23.2 Å². The summed E-state index contributed by atoms with van der Waals surface area (Å²) in [6.45, 7) is 6.19. The molecule has 3 aromatic rings. The van der Waals surface area contributed by atoms with Gasteiger partial charge in [-0.2, -0.15) is 0 Å². The Kier molecular flexibility index (Phi) is 7.11. The van der Waals surface area contributed by atoms with Crippen molar-refractivity contribution in [3.05, 3.63) is 58.7 Å². The van der Waals surface area contributed by atoms with Crippen LogP contribution < -0.4 is 10.1 Å². The Labute approximate surface area is 201 Å². The van der Waals surface area contributed by atoms with Crippen LogP contribution in [0, 0.1) is 12.7 Å². The quantitative estimate of drug-likeness (QED) is 0.549. The molecular formula is C25H28F3N5O2. The molecule has 0 spiro atoms. The van der Waals surface area contributed by atoms with E-state index in [0.717, 1.165) is 19.2 Å². The fourth-order valence-corrected chi connectivity index (χ4v) is 4.25. The van der Waals surface area contributed by atoms with Crippen LogP contribution in [0.5, 0.6) is 5.75 Å². The van der Waals surface area contributed by atoms with Gasteiger partial charge in [0, 0.05) is 37.1 Å². The van der Waals surface area contributed by atoms with Crippen LogP contribution in [0.1, 0.15) is 46.7 Å². The lowest BCUT2D eigenvalue weighted by molar-refractivity contribution is 0.0661. The van der Waals surface area contributed by atoms with E-state index in [2.05, 4.69) is 20.2 Å². The highest BCUT2D eigenvalue weighted by Gasteiger charge is 2.25. The molecule has 7 nitrogen and oxygen atoms in total. The monoisotopic (exact) mass is 487 g/mol. The van der Waals surface area contributed by atoms with Crippen molar-refractivity contribution in [2.45, 2.75) is 26.3 Å². The van der Waals surface area contributed by atoms with Gasteiger partial charge in [-0.15, -0.1) is 0 Å². The van der Waals surface area contributed by atoms with Gasteiger partial charge >= 0.3 is 0 Å². The second kappa shape index (κ2) is 10.1. The highest BCUT2D eigenvalue weighted by atomic mass is 19.3. The van der Waals surface area contributed by atoms with E-state index in [1.54, 1.807) is 30.9 Å². The summed E-state index contributed by atoms with van der Waals surface area (Å²) in [5.74, 6) is 0.114. The number of hydrogen-bond acceptors (Lipinski definition) is 6. The SMILES string of the molecule is COc1cc2c(N[C@H](C)c3cccc(C(F)F)c3F)nc(C)nc2cc1C(=O)N1CCN(C)CC1. The topological polar surface area (TPSA) is 70.6 Å². The number of fused-ring (bicyclic) bond motifs is 1. The molecule has 1 N–H and O–H groups in total. The standard InChI is InChI=1S/C25H28F3N5O2/c1-14(16-6-5-7-17(22(16)26)23(27)28)29-24-18-13-21(35-4)19(12-20(18)30-15(2)31-24)25(34)33-10-8-32(3)9-11-33/h5-7,12-14,23H,8-11H2,1-4H3,(H,29,30,31)/t14-/m1/s1. The molecule has 10 heteroatoms. The fourth-order valence-electron chi connectivity index (χ4n) is 4.25. The lowest BCUT2D eigenvalue weighted by Crippen LogP contribution is -2.47. The number of halogens is 3. The molecule has 1 aliphatic rings. The third kappa shape index (κ3) is 5.02. The van der Waals surface area contributed by atoms with Crippen LogP contribution in [0.2, 0.25) is 0 Å². The summed E-state index contributed by atoms with van der Waals surface area (Å²) < 4.78 is 46.6. The number of carbonyl (C=O) groups excluding carboxylic acids is 1. The molecule has 0 radical (unpaired) electrons. The van der Waals surface area contributed by atoms with Crippen molar-refractivity contribution in [3.63, 3.8) is 0 Å². The lowest BCUT2D eigenvalue weighted by Gasteiger charge is -2.32. The summed E-state index contributed by atoms with van der Waals surface area (Å²) in [5.41, 5.74) is 0.374. The molecule has 0 saturated carbocycles. The van der Waals surface area contributed by atoms with E-state index in [0.29, 0.717) is 46.9 Å². The third-order valence-corrected chi connectivity index (χ3v) is 6.26. The molecular weight excluding hydrogens is 459 g/mol. The predicted molar refractivity (Wildman–Crippen MR) is 128 cm³/mol. The van der Waals surface area contributed by atoms with Gasteiger partial charge in [0.15, 0.2) is 0 Å². The largest absolute Gasteiger partial charge is 0.496 e. The first kappa shape index (κ1) is 24.7. The van der Waals surface area contributed by atoms with Gasteiger partial charge in [0.25, 0.3) is 12.3 Å². The minimum Gasteiger partial charge on any atom is -0.496 e. The number of aromatic nitrogens is 2. The van der Waals surface area contributed by atoms with Gasteiger partial charge in [0.05, 0.1) is 29.8 Å². The molecule has 0 unspecified atom stereocenters. The molecule has 0 aliphatic carbocycles. The summed E-state index contributed by atoms with van der Waals surface area (Å²) in [6.07, 6.45) is -2.91. The second-order valence-electron chi connectivity index (χ2n) is 8.70. The number of methoxy groups -OCH3 is 1. The Balaban J connectivity index is 1.71. The first-order chi connectivity index (χ1) is 16.7. The fraction of sp³-hybridized carbons (Fsp3) is 0.400. The number of benzene rings is 2. The van der Waals surface area contributed by atoms with E-state index in [9.17, 15) is 18.0 Å². The minimum atomic E-state index is -2.91. The average Bonchev–Trinajstić information content (AvgIpc) is 2.83. The summed E-state index contributed by atoms with van der Waals surface area (Å²) in [4.78, 5) is 26.1. The van der Waals surface area contributed by atoms with Crippen molar-refractivity contribution in [2.75, 3.05) is 45.7 Å². The molecule has 1 aromatic heterocycles. The maximum Gasteiger partial charge on any atom is 0.266 e. The molecule has 35 heavy (non-hydrogen) atoms. The Morgan fingerprint density at radius 2 is 1.80 bits per heavy atom. The van der Waals surface area contributed by atoms with Crippen molar-refractivity contribution in [2.24, 2.45) is 0 Å². The van der Waals surface area contributed by atoms with Gasteiger partial charge < -0.3 is 19.9 Å². The molecule has 4 rings (SSSR count). The van der Waals surface area contributed by atoms with Crippen molar-refractivity contribution in [1.82, 2.24) is 19.8 Å². The molecule has 2 aromatic carbocycles. The van der Waals surface area contributed by atoms with E-state index < -0.39 is 23.8 Å². The zero-order valence-electron chi connectivity index (χ0n) is 20.1. The summed E-state index contributed by atoms with van der Waals surface area (Å²) >= 11 is 0. The molecule has 1 amide bonds. The molecule has 0 bridgehead atoms. The maximum atomic E-state index is 14.7. The number of aryl methyl sites for hydroxylation is 1. The number of alkyl halides is 2. The normalized spacial score (nSPS) is 15.5. The van der Waals surface area contributed by atoms with Gasteiger partial charge in [0.2, 0.25) is 0 Å². The zero-order valence-corrected chi connectivity index (χ0v) is 20.1. The molecule has 1 fully saturated rings. The highest BCUT2D eigenvalue weighted by molar-refractivity contribution is 6.02. The van der Waals surface area contributed by atoms with Gasteiger partial charge in [-0.25, -0.2) is 23.1 Å². The molecule has 1 atom stereocenters. The number of ether oxygens (including phenoxy) is 1. The number of anilines is 1. The van der Waals surface area contributed by atoms with Crippen LogP contribution in [0.3, 0.4) is 0 Å². The van der Waals surface area contributed by atoms with Gasteiger partial charge in [-0.05, 0) is 33.0 Å². The first-order valence-corrected chi connectivity index (χ1v) is 11.4. The van der Waals surface area contributed by atoms with Crippen molar-refractivity contribution < 1.29 is 22.7 Å². The molecule has 186 valence electrons. The first-order valence-electron chi connectivity index (χ1n) is 11.4. The number of amides is 1. The van der Waals surface area contributed by atoms with Gasteiger partial charge in [-0.1, -0.05) is 18.2 Å². The zero-order chi connectivity index (χ0) is 25.3. The van der Waals surface area contributed by atoms with E-state index in [1.807, 2.05) is 7.05 Å². The van der Waals surface area contributed by atoms with E-state index in [1.165, 1.54) is 19.2 Å². The number of hydrogen-bond donors (Lipinski definition) is 1.